The molecular weight excluding hydrogens is 192 g/mol. The Morgan fingerprint density at radius 1 is 1.33 bits per heavy atom. The molecule has 0 aliphatic carbocycles. The topological polar surface area (TPSA) is 35.5 Å². The van der Waals surface area contributed by atoms with Crippen molar-refractivity contribution < 1.29 is 14.3 Å². The molecule has 0 saturated heterocycles. The smallest absolute Gasteiger partial charge is 0.308 e. The molecule has 78 valence electrons. The molecule has 0 spiro atoms. The van der Waals surface area contributed by atoms with Crippen molar-refractivity contribution in [3.8, 4) is 23.3 Å². The van der Waals surface area contributed by atoms with Crippen molar-refractivity contribution in [3.63, 3.8) is 0 Å². The van der Waals surface area contributed by atoms with Gasteiger partial charge in [-0.05, 0) is 25.1 Å². The van der Waals surface area contributed by atoms with Crippen LogP contribution in [0.4, 0.5) is 0 Å². The van der Waals surface area contributed by atoms with Crippen LogP contribution in [0.2, 0.25) is 0 Å². The van der Waals surface area contributed by atoms with Gasteiger partial charge in [-0.25, -0.2) is 0 Å². The van der Waals surface area contributed by atoms with Gasteiger partial charge in [0.15, 0.2) is 11.5 Å². The van der Waals surface area contributed by atoms with E-state index < -0.39 is 0 Å². The number of benzene rings is 1. The third-order valence-electron chi connectivity index (χ3n) is 1.69. The van der Waals surface area contributed by atoms with Crippen LogP contribution in [-0.2, 0) is 4.79 Å². The maximum Gasteiger partial charge on any atom is 0.308 e. The van der Waals surface area contributed by atoms with E-state index in [4.69, 9.17) is 9.47 Å². The van der Waals surface area contributed by atoms with E-state index in [9.17, 15) is 4.79 Å². The summed E-state index contributed by atoms with van der Waals surface area (Å²) in [6, 6.07) is 5.17. The largest absolute Gasteiger partial charge is 0.493 e. The molecule has 0 bridgehead atoms. The predicted molar refractivity (Wildman–Crippen MR) is 56.9 cm³/mol. The van der Waals surface area contributed by atoms with Crippen molar-refractivity contribution in [2.24, 2.45) is 0 Å². The van der Waals surface area contributed by atoms with Crippen molar-refractivity contribution in [2.75, 3.05) is 7.11 Å². The maximum absolute atomic E-state index is 10.8. The second kappa shape index (κ2) is 5.06. The summed E-state index contributed by atoms with van der Waals surface area (Å²) in [5.74, 6) is 6.22. The first kappa shape index (κ1) is 11.1. The van der Waals surface area contributed by atoms with Gasteiger partial charge in [-0.2, -0.15) is 0 Å². The molecule has 0 atom stereocenters. The van der Waals surface area contributed by atoms with Crippen LogP contribution in [0.15, 0.2) is 18.2 Å². The second-order valence-corrected chi connectivity index (χ2v) is 2.83. The summed E-state index contributed by atoms with van der Waals surface area (Å²) in [7, 11) is 1.52. The Balaban J connectivity index is 3.06. The van der Waals surface area contributed by atoms with E-state index >= 15 is 0 Å². The molecule has 0 unspecified atom stereocenters. The van der Waals surface area contributed by atoms with E-state index in [1.165, 1.54) is 14.0 Å². The molecule has 0 aliphatic heterocycles. The Hall–Kier alpha value is -1.95. The first-order chi connectivity index (χ1) is 7.17. The highest BCUT2D eigenvalue weighted by Gasteiger charge is 2.06. The normalized spacial score (nSPS) is 8.73. The lowest BCUT2D eigenvalue weighted by molar-refractivity contribution is -0.132. The van der Waals surface area contributed by atoms with Gasteiger partial charge in [0.2, 0.25) is 0 Å². The summed E-state index contributed by atoms with van der Waals surface area (Å²) in [5, 5.41) is 0. The summed E-state index contributed by atoms with van der Waals surface area (Å²) < 4.78 is 10.0. The fourth-order valence-electron chi connectivity index (χ4n) is 1.13. The standard InChI is InChI=1S/C12H12O3/c1-4-5-10-6-7-11(15-9(2)13)12(8-10)14-3/h6-8H,1-3H3. The van der Waals surface area contributed by atoms with Crippen LogP contribution in [0.1, 0.15) is 19.4 Å². The van der Waals surface area contributed by atoms with Gasteiger partial charge >= 0.3 is 5.97 Å². The highest BCUT2D eigenvalue weighted by Crippen LogP contribution is 2.27. The van der Waals surface area contributed by atoms with Crippen LogP contribution in [0.5, 0.6) is 11.5 Å². The molecule has 15 heavy (non-hydrogen) atoms. The number of rotatable bonds is 2. The molecule has 0 fully saturated rings. The van der Waals surface area contributed by atoms with Crippen LogP contribution < -0.4 is 9.47 Å². The Morgan fingerprint density at radius 3 is 2.60 bits per heavy atom. The second-order valence-electron chi connectivity index (χ2n) is 2.83. The summed E-state index contributed by atoms with van der Waals surface area (Å²) in [6.45, 7) is 3.10. The zero-order valence-corrected chi connectivity index (χ0v) is 8.96. The monoisotopic (exact) mass is 204 g/mol. The summed E-state index contributed by atoms with van der Waals surface area (Å²) >= 11 is 0. The van der Waals surface area contributed by atoms with E-state index in [0.29, 0.717) is 11.5 Å². The Bertz CT molecular complexity index is 424. The summed E-state index contributed by atoms with van der Waals surface area (Å²) in [6.07, 6.45) is 0. The van der Waals surface area contributed by atoms with Gasteiger partial charge < -0.3 is 9.47 Å². The van der Waals surface area contributed by atoms with E-state index in [1.54, 1.807) is 25.1 Å². The Morgan fingerprint density at radius 2 is 2.07 bits per heavy atom. The quantitative estimate of drug-likeness (QED) is 0.420. The number of hydrogen-bond acceptors (Lipinski definition) is 3. The summed E-state index contributed by atoms with van der Waals surface area (Å²) in [4.78, 5) is 10.8. The molecule has 0 radical (unpaired) electrons. The number of carbonyl (C=O) groups is 1. The molecule has 1 rings (SSSR count). The minimum Gasteiger partial charge on any atom is -0.493 e. The Labute approximate surface area is 89.0 Å². The van der Waals surface area contributed by atoms with E-state index in [1.807, 2.05) is 0 Å². The van der Waals surface area contributed by atoms with Crippen LogP contribution in [0.25, 0.3) is 0 Å². The fraction of sp³-hybridized carbons (Fsp3) is 0.250. The number of carbonyl (C=O) groups excluding carboxylic acids is 1. The molecule has 0 amide bonds. The number of hydrogen-bond donors (Lipinski definition) is 0. The average Bonchev–Trinajstić information content (AvgIpc) is 2.20. The van der Waals surface area contributed by atoms with Crippen molar-refractivity contribution in [3.05, 3.63) is 23.8 Å². The first-order valence-electron chi connectivity index (χ1n) is 4.46. The predicted octanol–water partition coefficient (Wildman–Crippen LogP) is 1.99. The van der Waals surface area contributed by atoms with Crippen molar-refractivity contribution in [1.29, 1.82) is 0 Å². The molecule has 1 aromatic rings. The highest BCUT2D eigenvalue weighted by atomic mass is 16.6. The van der Waals surface area contributed by atoms with Gasteiger partial charge in [-0.3, -0.25) is 4.79 Å². The molecule has 0 heterocycles. The lowest BCUT2D eigenvalue weighted by atomic mass is 10.2. The van der Waals surface area contributed by atoms with Crippen LogP contribution in [0, 0.1) is 11.8 Å². The molecular formula is C12H12O3. The minimum atomic E-state index is -0.373. The highest BCUT2D eigenvalue weighted by molar-refractivity contribution is 5.70. The lowest BCUT2D eigenvalue weighted by Gasteiger charge is -2.07. The van der Waals surface area contributed by atoms with E-state index in [0.717, 1.165) is 5.56 Å². The van der Waals surface area contributed by atoms with Gasteiger partial charge in [-0.15, -0.1) is 5.92 Å². The molecule has 0 N–H and O–H groups in total. The van der Waals surface area contributed by atoms with Crippen molar-refractivity contribution in [1.82, 2.24) is 0 Å². The molecule has 3 heteroatoms. The van der Waals surface area contributed by atoms with Gasteiger partial charge in [0, 0.05) is 12.5 Å². The third-order valence-corrected chi connectivity index (χ3v) is 1.69. The maximum atomic E-state index is 10.8. The molecule has 3 nitrogen and oxygen atoms in total. The number of ether oxygens (including phenoxy) is 2. The number of methoxy groups -OCH3 is 1. The van der Waals surface area contributed by atoms with Crippen LogP contribution in [-0.4, -0.2) is 13.1 Å². The van der Waals surface area contributed by atoms with E-state index in [-0.39, 0.29) is 5.97 Å². The van der Waals surface area contributed by atoms with Gasteiger partial charge in [0.25, 0.3) is 0 Å². The van der Waals surface area contributed by atoms with Gasteiger partial charge in [0.1, 0.15) is 0 Å². The molecule has 0 aliphatic rings. The zero-order valence-electron chi connectivity index (χ0n) is 8.96. The van der Waals surface area contributed by atoms with Crippen molar-refractivity contribution in [2.45, 2.75) is 13.8 Å². The SMILES string of the molecule is CC#Cc1ccc(OC(C)=O)c(OC)c1. The number of esters is 1. The summed E-state index contributed by atoms with van der Waals surface area (Å²) in [5.41, 5.74) is 0.824. The first-order valence-corrected chi connectivity index (χ1v) is 4.46. The Kier molecular flexibility index (Phi) is 3.75. The fourth-order valence-corrected chi connectivity index (χ4v) is 1.13. The molecule has 1 aromatic carbocycles. The molecule has 0 saturated carbocycles. The van der Waals surface area contributed by atoms with Crippen LogP contribution >= 0.6 is 0 Å². The average molecular weight is 204 g/mol. The zero-order chi connectivity index (χ0) is 11.3. The minimum absolute atomic E-state index is 0.373. The van der Waals surface area contributed by atoms with Crippen LogP contribution in [0.3, 0.4) is 0 Å². The third kappa shape index (κ3) is 3.03. The van der Waals surface area contributed by atoms with E-state index in [2.05, 4.69) is 11.8 Å². The van der Waals surface area contributed by atoms with Crippen molar-refractivity contribution >= 4 is 5.97 Å². The molecule has 0 aromatic heterocycles. The van der Waals surface area contributed by atoms with Gasteiger partial charge in [0.05, 0.1) is 7.11 Å². The lowest BCUT2D eigenvalue weighted by Crippen LogP contribution is -2.03. The van der Waals surface area contributed by atoms with Gasteiger partial charge in [-0.1, -0.05) is 5.92 Å².